The maximum atomic E-state index is 14.8. The molecule has 3 aliphatic heterocycles. The van der Waals surface area contributed by atoms with Crippen LogP contribution in [0.2, 0.25) is 0 Å². The molecule has 74 heavy (non-hydrogen) atoms. The van der Waals surface area contributed by atoms with E-state index in [0.29, 0.717) is 60.5 Å². The highest BCUT2D eigenvalue weighted by atomic mass is 32.1. The number of likely N-dealkylation sites (tertiary alicyclic amines) is 1. The van der Waals surface area contributed by atoms with Crippen molar-refractivity contribution in [3.05, 3.63) is 125 Å². The standard InChI is InChI=1S/C54H52F3N9O7S/c1-30(24-31-18-21-65(22-19-31)28-47(68)58-33-10-12-38-43(25-33)64(2)63-48(38)39-15-17-46(67)61-51(39)70)29-73-34-11-13-35(41(26-34)54(55,56)57)36-14-16-45(60-49(36)52(71)72)66-23-20-32-6-5-7-37(40(32)27-66)50(69)62-53-59-42-8-3-4-9-44(42)74-53/h3-14,16,25-26,30-31,39H,15,17-24,27-29H2,1-2H3,(H,58,68)(H,71,72)(H,59,62,69)(H,61,67,70)/t30-,39?/m1/s1. The number of piperidine rings is 2. The van der Waals surface area contributed by atoms with Crippen molar-refractivity contribution in [1.29, 1.82) is 0 Å². The zero-order valence-corrected chi connectivity index (χ0v) is 41.3. The molecule has 0 radical (unpaired) electrons. The highest BCUT2D eigenvalue weighted by Gasteiger charge is 2.37. The molecule has 4 amide bonds. The van der Waals surface area contributed by atoms with Gasteiger partial charge in [0.15, 0.2) is 10.8 Å². The third-order valence-corrected chi connectivity index (χ3v) is 15.1. The third kappa shape index (κ3) is 10.7. The Bertz CT molecular complexity index is 3320. The highest BCUT2D eigenvalue weighted by Crippen LogP contribution is 2.41. The molecule has 2 atom stereocenters. The maximum absolute atomic E-state index is 14.8. The summed E-state index contributed by atoms with van der Waals surface area (Å²) in [6, 6.07) is 24.8. The number of amides is 4. The Kier molecular flexibility index (Phi) is 13.9. The van der Waals surface area contributed by atoms with Gasteiger partial charge in [0.25, 0.3) is 5.91 Å². The van der Waals surface area contributed by atoms with E-state index in [2.05, 4.69) is 35.9 Å². The number of fused-ring (bicyclic) bond motifs is 3. The SMILES string of the molecule is C[C@@H](COc1ccc(-c2ccc(N3CCc4cccc(C(=O)Nc5nc6ccccc6s5)c4C3)nc2C(=O)O)c(C(F)(F)F)c1)CC1CCN(CC(=O)Nc2ccc3c(C4CCC(=O)NC4=O)nn(C)c3c2)CC1. The molecule has 382 valence electrons. The molecule has 0 aliphatic carbocycles. The summed E-state index contributed by atoms with van der Waals surface area (Å²) in [4.78, 5) is 76.5. The van der Waals surface area contributed by atoms with Crippen LogP contribution in [0.3, 0.4) is 0 Å². The molecule has 6 heterocycles. The molecular weight excluding hydrogens is 976 g/mol. The number of nitrogens with one attached hydrogen (secondary N) is 3. The van der Waals surface area contributed by atoms with Gasteiger partial charge in [-0.2, -0.15) is 18.3 Å². The number of aromatic nitrogens is 4. The number of alkyl halides is 3. The molecule has 3 aromatic heterocycles. The third-order valence-electron chi connectivity index (χ3n) is 14.1. The van der Waals surface area contributed by atoms with Gasteiger partial charge in [0.2, 0.25) is 17.7 Å². The number of aromatic carboxylic acids is 1. The minimum atomic E-state index is -4.85. The van der Waals surface area contributed by atoms with Crippen LogP contribution in [0.5, 0.6) is 5.75 Å². The maximum Gasteiger partial charge on any atom is 0.417 e. The average molecular weight is 1030 g/mol. The van der Waals surface area contributed by atoms with Gasteiger partial charge in [-0.05, 0) is 134 Å². The van der Waals surface area contributed by atoms with Gasteiger partial charge in [-0.25, -0.2) is 14.8 Å². The fraction of sp³-hybridized carbons (Fsp3) is 0.333. The molecule has 3 aliphatic rings. The van der Waals surface area contributed by atoms with Gasteiger partial charge in [-0.15, -0.1) is 0 Å². The van der Waals surface area contributed by atoms with Crippen LogP contribution in [0.25, 0.3) is 32.2 Å². The van der Waals surface area contributed by atoms with Gasteiger partial charge < -0.3 is 20.1 Å². The summed E-state index contributed by atoms with van der Waals surface area (Å²) < 4.78 is 53.0. The molecule has 2 fully saturated rings. The number of imide groups is 1. The van der Waals surface area contributed by atoms with E-state index >= 15 is 0 Å². The van der Waals surface area contributed by atoms with Crippen molar-refractivity contribution in [1.82, 2.24) is 30.0 Å². The lowest BCUT2D eigenvalue weighted by Crippen LogP contribution is -2.39. The Morgan fingerprint density at radius 1 is 0.905 bits per heavy atom. The zero-order valence-electron chi connectivity index (χ0n) is 40.5. The number of pyridine rings is 1. The second kappa shape index (κ2) is 20.7. The quantitative estimate of drug-likeness (QED) is 0.0755. The molecule has 0 bridgehead atoms. The molecule has 0 saturated carbocycles. The summed E-state index contributed by atoms with van der Waals surface area (Å²) in [6.07, 6.45) is -1.26. The Balaban J connectivity index is 0.735. The van der Waals surface area contributed by atoms with Gasteiger partial charge in [0.05, 0.1) is 46.1 Å². The molecule has 4 aromatic carbocycles. The van der Waals surface area contributed by atoms with Gasteiger partial charge in [0.1, 0.15) is 11.6 Å². The summed E-state index contributed by atoms with van der Waals surface area (Å²) >= 11 is 1.36. The number of carboxylic acid groups (broad SMARTS) is 1. The minimum Gasteiger partial charge on any atom is -0.493 e. The molecule has 7 aromatic rings. The van der Waals surface area contributed by atoms with E-state index in [1.54, 1.807) is 23.9 Å². The zero-order chi connectivity index (χ0) is 51.8. The second-order valence-electron chi connectivity index (χ2n) is 19.3. The molecule has 4 N–H and O–H groups in total. The number of aryl methyl sites for hydroxylation is 1. The van der Waals surface area contributed by atoms with Gasteiger partial charge in [-0.1, -0.05) is 48.6 Å². The van der Waals surface area contributed by atoms with E-state index in [-0.39, 0.29) is 78.4 Å². The van der Waals surface area contributed by atoms with Crippen molar-refractivity contribution in [3.63, 3.8) is 0 Å². The predicted molar refractivity (Wildman–Crippen MR) is 273 cm³/mol. The number of anilines is 3. The summed E-state index contributed by atoms with van der Waals surface area (Å²) in [5.74, 6) is -2.62. The van der Waals surface area contributed by atoms with Crippen molar-refractivity contribution >= 4 is 78.7 Å². The minimum absolute atomic E-state index is 0.00224. The Morgan fingerprint density at radius 2 is 1.70 bits per heavy atom. The second-order valence-corrected chi connectivity index (χ2v) is 20.3. The fourth-order valence-electron chi connectivity index (χ4n) is 10.4. The summed E-state index contributed by atoms with van der Waals surface area (Å²) in [5.41, 5.74) is 2.68. The number of rotatable bonds is 14. The molecule has 0 spiro atoms. The fourth-order valence-corrected chi connectivity index (χ4v) is 11.3. The first kappa shape index (κ1) is 49.9. The van der Waals surface area contributed by atoms with Crippen LogP contribution in [0.4, 0.5) is 29.8 Å². The summed E-state index contributed by atoms with van der Waals surface area (Å²) in [5, 5.41) is 24.4. The molecule has 2 saturated heterocycles. The number of carbonyl (C=O) groups excluding carboxylic acids is 4. The van der Waals surface area contributed by atoms with E-state index in [4.69, 9.17) is 4.74 Å². The highest BCUT2D eigenvalue weighted by molar-refractivity contribution is 7.22. The van der Waals surface area contributed by atoms with Crippen LogP contribution in [0.15, 0.2) is 91.0 Å². The van der Waals surface area contributed by atoms with Crippen molar-refractivity contribution in [2.45, 2.75) is 64.1 Å². The van der Waals surface area contributed by atoms with Crippen LogP contribution < -0.4 is 25.6 Å². The largest absolute Gasteiger partial charge is 0.493 e. The first-order chi connectivity index (χ1) is 35.5. The van der Waals surface area contributed by atoms with Crippen molar-refractivity contribution in [3.8, 4) is 16.9 Å². The number of halogens is 3. The summed E-state index contributed by atoms with van der Waals surface area (Å²) in [6.45, 7) is 4.39. The number of carbonyl (C=O) groups is 5. The van der Waals surface area contributed by atoms with Gasteiger partial charge in [0, 0.05) is 48.8 Å². The van der Waals surface area contributed by atoms with E-state index in [1.165, 1.54) is 35.6 Å². The number of carboxylic acids is 1. The first-order valence-corrected chi connectivity index (χ1v) is 25.3. The molecule has 16 nitrogen and oxygen atoms in total. The number of para-hydroxylation sites is 1. The van der Waals surface area contributed by atoms with E-state index in [1.807, 2.05) is 60.4 Å². The van der Waals surface area contributed by atoms with Crippen molar-refractivity contribution < 1.29 is 47.0 Å². The number of nitrogens with zero attached hydrogens (tertiary/aromatic N) is 6. The van der Waals surface area contributed by atoms with Gasteiger partial charge >= 0.3 is 12.1 Å². The Labute approximate surface area is 426 Å². The molecule has 10 rings (SSSR count). The molecule has 20 heteroatoms. The molecular formula is C54H52F3N9O7S. The predicted octanol–water partition coefficient (Wildman–Crippen LogP) is 9.05. The van der Waals surface area contributed by atoms with Crippen molar-refractivity contribution in [2.24, 2.45) is 18.9 Å². The van der Waals surface area contributed by atoms with Crippen LogP contribution >= 0.6 is 11.3 Å². The number of hydrogen-bond acceptors (Lipinski definition) is 12. The Hall–Kier alpha value is -7.71. The van der Waals surface area contributed by atoms with Crippen molar-refractivity contribution in [2.75, 3.05) is 48.3 Å². The smallest absolute Gasteiger partial charge is 0.417 e. The lowest BCUT2D eigenvalue weighted by Gasteiger charge is -2.32. The molecule has 1 unspecified atom stereocenters. The number of benzene rings is 4. The van der Waals surface area contributed by atoms with Crippen LogP contribution in [0, 0.1) is 11.8 Å². The summed E-state index contributed by atoms with van der Waals surface area (Å²) in [7, 11) is 1.77. The number of ether oxygens (including phenoxy) is 1. The number of thiazole rings is 1. The number of hydrogen-bond donors (Lipinski definition) is 4. The monoisotopic (exact) mass is 1030 g/mol. The lowest BCUT2D eigenvalue weighted by atomic mass is 9.88. The average Bonchev–Trinajstić information content (AvgIpc) is 3.94. The van der Waals surface area contributed by atoms with Crippen LogP contribution in [-0.4, -0.2) is 92.1 Å². The van der Waals surface area contributed by atoms with Gasteiger partial charge in [-0.3, -0.25) is 39.4 Å². The van der Waals surface area contributed by atoms with Crippen LogP contribution in [0.1, 0.15) is 88.2 Å². The normalized spacial score (nSPS) is 17.0. The van der Waals surface area contributed by atoms with E-state index in [9.17, 15) is 42.3 Å². The van der Waals surface area contributed by atoms with Crippen LogP contribution in [-0.2, 0) is 40.6 Å². The topological polar surface area (TPSA) is 201 Å². The Morgan fingerprint density at radius 3 is 2.47 bits per heavy atom. The van der Waals surface area contributed by atoms with E-state index < -0.39 is 29.3 Å². The van der Waals surface area contributed by atoms with E-state index in [0.717, 1.165) is 57.6 Å². The first-order valence-electron chi connectivity index (χ1n) is 24.5. The lowest BCUT2D eigenvalue weighted by molar-refractivity contribution is -0.137.